The van der Waals surface area contributed by atoms with Crippen LogP contribution >= 0.6 is 138 Å². The van der Waals surface area contributed by atoms with E-state index in [1.165, 1.54) is 356 Å². The predicted molar refractivity (Wildman–Crippen MR) is 564 cm³/mol. The summed E-state index contributed by atoms with van der Waals surface area (Å²) in [4.78, 5) is 59.0. The van der Waals surface area contributed by atoms with E-state index in [0.717, 1.165) is 73.3 Å². The van der Waals surface area contributed by atoms with Crippen LogP contribution in [0.5, 0.6) is 0 Å². The van der Waals surface area contributed by atoms with Gasteiger partial charge in [0.1, 0.15) is 0 Å². The molecule has 0 spiro atoms. The first-order valence-electron chi connectivity index (χ1n) is 48.1. The topological polar surface area (TPSA) is 77.3 Å². The summed E-state index contributed by atoms with van der Waals surface area (Å²) < 4.78 is 14.8. The van der Waals surface area contributed by atoms with Gasteiger partial charge in [-0.3, -0.25) is 9.59 Å². The number of thioether (sulfide) groups is 1. The maximum absolute atomic E-state index is 13.6. The van der Waals surface area contributed by atoms with Gasteiger partial charge in [-0.1, -0.05) is 299 Å². The van der Waals surface area contributed by atoms with Crippen molar-refractivity contribution in [3.05, 3.63) is 138 Å². The van der Waals surface area contributed by atoms with Gasteiger partial charge in [-0.2, -0.15) is 9.98 Å². The molecule has 2 aliphatic heterocycles. The molecule has 0 bridgehead atoms. The third kappa shape index (κ3) is 26.5. The number of ether oxygens (including phenoxy) is 2. The minimum atomic E-state index is -0.373. The highest BCUT2D eigenvalue weighted by Crippen LogP contribution is 2.58. The molecule has 2 atom stereocenters. The fourth-order valence-corrected chi connectivity index (χ4v) is 31.1. The van der Waals surface area contributed by atoms with Crippen molar-refractivity contribution in [1.82, 2.24) is 0 Å². The van der Waals surface area contributed by atoms with Gasteiger partial charge in [-0.25, -0.2) is 0 Å². The average Bonchev–Trinajstić information content (AvgIpc) is 1.56. The van der Waals surface area contributed by atoms with Crippen LogP contribution in [0.4, 0.5) is 0 Å². The van der Waals surface area contributed by atoms with Gasteiger partial charge in [0.2, 0.25) is 0 Å². The zero-order valence-corrected chi connectivity index (χ0v) is 85.6. The Kier molecular flexibility index (Phi) is 39.4. The van der Waals surface area contributed by atoms with E-state index in [2.05, 4.69) is 215 Å². The van der Waals surface area contributed by atoms with Gasteiger partial charge in [-0.05, 0) is 190 Å². The molecule has 11 aromatic rings. The van der Waals surface area contributed by atoms with Crippen LogP contribution in [0.3, 0.4) is 0 Å². The van der Waals surface area contributed by atoms with E-state index in [1.54, 1.807) is 23.1 Å². The average molecular weight is 1890 g/mol. The number of carbonyl (C=O) groups excluding carboxylic acids is 2. The molecule has 0 N–H and O–H groups in total. The summed E-state index contributed by atoms with van der Waals surface area (Å²) in [6, 6.07) is 34.9. The summed E-state index contributed by atoms with van der Waals surface area (Å²) in [5.74, 6) is 2.20. The minimum absolute atomic E-state index is 0.104. The number of benzene rings is 1. The Morgan fingerprint density at radius 3 is 1.06 bits per heavy atom. The second kappa shape index (κ2) is 50.6. The molecule has 0 aliphatic carbocycles. The van der Waals surface area contributed by atoms with E-state index in [0.29, 0.717) is 22.8 Å². The number of aryl methyl sites for hydroxylation is 4. The molecule has 2 aliphatic rings. The van der Waals surface area contributed by atoms with Crippen LogP contribution in [-0.4, -0.2) is 28.0 Å². The number of thiophene rings is 10. The van der Waals surface area contributed by atoms with E-state index in [9.17, 15) is 9.59 Å². The van der Waals surface area contributed by atoms with Crippen molar-refractivity contribution in [3.63, 3.8) is 0 Å². The van der Waals surface area contributed by atoms with Gasteiger partial charge in [0.25, 0.3) is 10.5 Å². The van der Waals surface area contributed by atoms with Crippen molar-refractivity contribution in [2.45, 2.75) is 345 Å². The monoisotopic (exact) mass is 1880 g/mol. The molecule has 6 nitrogen and oxygen atoms in total. The highest BCUT2D eigenvalue weighted by Gasteiger charge is 2.31. The summed E-state index contributed by atoms with van der Waals surface area (Å²) in [7, 11) is 0. The SMILES string of the molecule is CCCCCCCCSC1=NC(=O)/C(=C/c2cc(CCCCCCCC)c(-c3ccc(-c4sc(-c5cc6c(-c7ccc(CC(CC)CCCC)s7)c7sc(-c8cc(CCCCCCCC)c(-c9ccc(-c%10sc(/C=C%11\OC(S)=NC%11=O)cc%10CCCCCCCC)s9)s8)cc7c(-c7ccc(CC(CC)CCCC)s7)c6s5)cc4CCCCCCCC)s3)s2)O1. The lowest BCUT2D eigenvalue weighted by Crippen LogP contribution is -2.01. The molecule has 12 heterocycles. The van der Waals surface area contributed by atoms with Crippen molar-refractivity contribution in [2.24, 2.45) is 21.8 Å². The molecule has 124 heavy (non-hydrogen) atoms. The lowest BCUT2D eigenvalue weighted by Gasteiger charge is -2.13. The van der Waals surface area contributed by atoms with Crippen LogP contribution in [0.1, 0.15) is 348 Å². The van der Waals surface area contributed by atoms with Crippen molar-refractivity contribution >= 4 is 192 Å². The molecule has 0 radical (unpaired) electrons. The molecule has 666 valence electrons. The fraction of sp³-hybridized carbons (Fsp3) is 0.528. The van der Waals surface area contributed by atoms with Gasteiger partial charge in [0.15, 0.2) is 11.5 Å². The first kappa shape index (κ1) is 96.7. The maximum Gasteiger partial charge on any atom is 0.316 e. The van der Waals surface area contributed by atoms with Gasteiger partial charge < -0.3 is 9.47 Å². The summed E-state index contributed by atoms with van der Waals surface area (Å²) in [5.41, 5.74) is 8.51. The number of rotatable bonds is 57. The van der Waals surface area contributed by atoms with Crippen molar-refractivity contribution in [1.29, 1.82) is 0 Å². The van der Waals surface area contributed by atoms with Gasteiger partial charge in [0.05, 0.1) is 0 Å². The van der Waals surface area contributed by atoms with Gasteiger partial charge in [0, 0.05) is 137 Å². The number of fused-ring (bicyclic) bond motifs is 2. The largest absolute Gasteiger partial charge is 0.428 e. The van der Waals surface area contributed by atoms with E-state index in [4.69, 9.17) is 9.47 Å². The quantitative estimate of drug-likeness (QED) is 0.0233. The Hall–Kier alpha value is -4.80. The molecule has 0 saturated heterocycles. The van der Waals surface area contributed by atoms with Crippen molar-refractivity contribution < 1.29 is 19.1 Å². The molecule has 10 aromatic heterocycles. The Balaban J connectivity index is 0.926. The van der Waals surface area contributed by atoms with Crippen LogP contribution < -0.4 is 0 Å². The smallest absolute Gasteiger partial charge is 0.316 e. The summed E-state index contributed by atoms with van der Waals surface area (Å²) in [5, 5.41) is 3.39. The fourth-order valence-electron chi connectivity index (χ4n) is 17.6. The second-order valence-corrected chi connectivity index (χ2v) is 47.1. The normalized spacial score (nSPS) is 14.3. The standard InChI is InChI=1S/C106H136N2O4S12/c1-10-19-26-31-36-41-48-73-63-79(67-83-103(109)107-105(113)111-83)117-97(73)87-56-58-89(119-87)99-75(50-43-38-33-28-21-12-3)65-91(121-99)93-69-81-95(85-54-52-77(115-85)61-71(17-8)46-24-15-6)102-82(96(101(81)123-93)86-55-53-78(116-86)62-72(18-9)47-25-16-7)70-94(124-102)92-66-76(51-44-39-34-29-22-13-4)100(122-92)90-59-57-88(120-90)98-74(49-42-37-32-27-20-11-2)64-80(118-98)68-84-104(110)108-106(112-84)114-60-45-40-35-30-23-14-5/h52-59,63-72H,10-51,60-62H2,1-9H3,(H,107,109,113)/b83-67-,84-68-. The summed E-state index contributed by atoms with van der Waals surface area (Å²) in [6.45, 7) is 21.0. The highest BCUT2D eigenvalue weighted by atomic mass is 32.2. The zero-order valence-electron chi connectivity index (χ0n) is 75.7. The number of thiol groups is 1. The number of unbranched alkanes of at least 4 members (excludes halogenated alkanes) is 27. The third-order valence-electron chi connectivity index (χ3n) is 24.9. The number of nitrogens with zero attached hydrogens (tertiary/aromatic N) is 2. The molecular weight excluding hydrogens is 1750 g/mol. The third-order valence-corrected chi connectivity index (χ3v) is 38.4. The molecule has 0 fully saturated rings. The Bertz CT molecular complexity index is 5160. The second-order valence-electron chi connectivity index (χ2n) is 34.8. The van der Waals surface area contributed by atoms with Crippen LogP contribution in [0.15, 0.2) is 106 Å². The molecule has 18 heteroatoms. The summed E-state index contributed by atoms with van der Waals surface area (Å²) in [6.07, 6.45) is 57.7. The molecule has 1 aromatic carbocycles. The lowest BCUT2D eigenvalue weighted by molar-refractivity contribution is -0.115. The van der Waals surface area contributed by atoms with Crippen molar-refractivity contribution in [2.75, 3.05) is 5.75 Å². The number of hydrogen-bond acceptors (Lipinski definition) is 15. The van der Waals surface area contributed by atoms with Crippen LogP contribution in [0, 0.1) is 11.8 Å². The Labute approximate surface area is 793 Å². The highest BCUT2D eigenvalue weighted by molar-refractivity contribution is 8.13. The van der Waals surface area contributed by atoms with E-state index >= 15 is 0 Å². The van der Waals surface area contributed by atoms with E-state index in [1.807, 2.05) is 68.8 Å². The molecule has 0 saturated carbocycles. The van der Waals surface area contributed by atoms with Crippen molar-refractivity contribution in [3.8, 4) is 79.4 Å². The first-order chi connectivity index (χ1) is 60.8. The molecule has 13 rings (SSSR count). The number of carbonyl (C=O) groups is 2. The number of hydrogen-bond donors (Lipinski definition) is 1. The van der Waals surface area contributed by atoms with Gasteiger partial charge in [-0.15, -0.1) is 113 Å². The zero-order chi connectivity index (χ0) is 86.5. The Morgan fingerprint density at radius 1 is 0.339 bits per heavy atom. The van der Waals surface area contributed by atoms with Crippen LogP contribution in [-0.2, 0) is 57.6 Å². The molecular formula is C106H136N2O4S12. The van der Waals surface area contributed by atoms with Crippen LogP contribution in [0.2, 0.25) is 0 Å². The lowest BCUT2D eigenvalue weighted by atomic mass is 9.95. The van der Waals surface area contributed by atoms with Gasteiger partial charge >= 0.3 is 11.8 Å². The van der Waals surface area contributed by atoms with E-state index in [-0.39, 0.29) is 22.8 Å². The molecule has 2 amide bonds. The van der Waals surface area contributed by atoms with E-state index < -0.39 is 0 Å². The first-order valence-corrected chi connectivity index (χ1v) is 57.7. The predicted octanol–water partition coefficient (Wildman–Crippen LogP) is 38.6. The Morgan fingerprint density at radius 2 is 0.677 bits per heavy atom. The number of aliphatic imine (C=N–C) groups is 2. The number of amides is 2. The maximum atomic E-state index is 13.6. The molecule has 2 unspecified atom stereocenters. The minimum Gasteiger partial charge on any atom is -0.428 e. The van der Waals surface area contributed by atoms with Crippen LogP contribution in [0.25, 0.3) is 112 Å². The summed E-state index contributed by atoms with van der Waals surface area (Å²) >= 11 is 25.7.